The van der Waals surface area contributed by atoms with E-state index in [1.807, 2.05) is 6.07 Å². The number of aryl methyl sites for hydroxylation is 1. The van der Waals surface area contributed by atoms with E-state index in [4.69, 9.17) is 0 Å². The van der Waals surface area contributed by atoms with Gasteiger partial charge in [-0.25, -0.2) is 0 Å². The average molecular weight is 390 g/mol. The van der Waals surface area contributed by atoms with Crippen molar-refractivity contribution in [3.05, 3.63) is 59.7 Å². The zero-order chi connectivity index (χ0) is 20.1. The maximum absolute atomic E-state index is 12.6. The maximum Gasteiger partial charge on any atom is 0.416 e. The van der Waals surface area contributed by atoms with Crippen molar-refractivity contribution in [1.82, 2.24) is 0 Å². The van der Waals surface area contributed by atoms with Crippen LogP contribution in [0.4, 0.5) is 24.5 Å². The third kappa shape index (κ3) is 5.12. The number of alkyl halides is 3. The van der Waals surface area contributed by atoms with E-state index < -0.39 is 11.7 Å². The highest BCUT2D eigenvalue weighted by Crippen LogP contribution is 2.29. The van der Waals surface area contributed by atoms with Crippen molar-refractivity contribution in [2.75, 3.05) is 16.8 Å². The summed E-state index contributed by atoms with van der Waals surface area (Å²) in [6.07, 6.45) is -1.49. The van der Waals surface area contributed by atoms with Gasteiger partial charge in [-0.1, -0.05) is 18.2 Å². The number of anilines is 2. The number of amides is 2. The van der Waals surface area contributed by atoms with Gasteiger partial charge in [-0.15, -0.1) is 0 Å². The second-order valence-electron chi connectivity index (χ2n) is 6.80. The summed E-state index contributed by atoms with van der Waals surface area (Å²) < 4.78 is 37.7. The summed E-state index contributed by atoms with van der Waals surface area (Å²) in [5.41, 5.74) is 1.30. The Hall–Kier alpha value is -2.83. The van der Waals surface area contributed by atoms with Crippen LogP contribution in [0.1, 0.15) is 36.8 Å². The Labute approximate surface area is 161 Å². The maximum atomic E-state index is 12.6. The summed E-state index contributed by atoms with van der Waals surface area (Å²) in [6, 6.07) is 11.9. The molecule has 1 heterocycles. The quantitative estimate of drug-likeness (QED) is 0.798. The molecule has 0 atom stereocenters. The van der Waals surface area contributed by atoms with E-state index in [-0.39, 0.29) is 18.2 Å². The highest BCUT2D eigenvalue weighted by atomic mass is 19.4. The Morgan fingerprint density at radius 2 is 1.82 bits per heavy atom. The number of benzene rings is 2. The molecular formula is C21H21F3N2O2. The van der Waals surface area contributed by atoms with Gasteiger partial charge < -0.3 is 10.2 Å². The molecule has 3 rings (SSSR count). The molecule has 2 amide bonds. The van der Waals surface area contributed by atoms with Crippen LogP contribution in [-0.2, 0) is 22.2 Å². The number of halogens is 3. The fraction of sp³-hybridized carbons (Fsp3) is 0.333. The number of nitrogens with one attached hydrogen (secondary N) is 1. The van der Waals surface area contributed by atoms with Crippen LogP contribution in [0.15, 0.2) is 48.5 Å². The standard InChI is InChI=1S/C21H21F3N2O2/c22-21(23,24)16-10-7-15(8-11-16)9-12-19(27)25-17-4-3-5-18(14-17)26-13-2-1-6-20(26)28/h3-5,7-8,10-11,14H,1-2,6,9,12-13H2,(H,25,27). The average Bonchev–Trinajstić information content (AvgIpc) is 2.66. The number of carbonyl (C=O) groups excluding carboxylic acids is 2. The van der Waals surface area contributed by atoms with E-state index in [0.717, 1.165) is 30.7 Å². The third-order valence-electron chi connectivity index (χ3n) is 4.69. The minimum atomic E-state index is -4.36. The topological polar surface area (TPSA) is 49.4 Å². The molecule has 28 heavy (non-hydrogen) atoms. The van der Waals surface area contributed by atoms with Gasteiger partial charge in [0.25, 0.3) is 0 Å². The first kappa shape index (κ1) is 19.9. The lowest BCUT2D eigenvalue weighted by atomic mass is 10.1. The SMILES string of the molecule is O=C(CCc1ccc(C(F)(F)F)cc1)Nc1cccc(N2CCCCC2=O)c1. The number of piperidine rings is 1. The van der Waals surface area contributed by atoms with E-state index in [1.54, 1.807) is 23.1 Å². The fourth-order valence-electron chi connectivity index (χ4n) is 3.17. The minimum Gasteiger partial charge on any atom is -0.326 e. The molecule has 0 bridgehead atoms. The van der Waals surface area contributed by atoms with Crippen molar-refractivity contribution >= 4 is 23.2 Å². The molecule has 0 spiro atoms. The van der Waals surface area contributed by atoms with Crippen molar-refractivity contribution < 1.29 is 22.8 Å². The van der Waals surface area contributed by atoms with Gasteiger partial charge in [-0.2, -0.15) is 13.2 Å². The minimum absolute atomic E-state index is 0.0806. The van der Waals surface area contributed by atoms with Gasteiger partial charge in [-0.05, 0) is 55.2 Å². The largest absolute Gasteiger partial charge is 0.416 e. The van der Waals surface area contributed by atoms with Crippen molar-refractivity contribution in [2.45, 2.75) is 38.3 Å². The van der Waals surface area contributed by atoms with Gasteiger partial charge in [0.15, 0.2) is 0 Å². The van der Waals surface area contributed by atoms with Crippen molar-refractivity contribution in [3.63, 3.8) is 0 Å². The van der Waals surface area contributed by atoms with Crippen molar-refractivity contribution in [3.8, 4) is 0 Å². The molecule has 0 aromatic heterocycles. The van der Waals surface area contributed by atoms with Crippen LogP contribution in [-0.4, -0.2) is 18.4 Å². The predicted octanol–water partition coefficient (Wildman–Crippen LogP) is 4.79. The first-order chi connectivity index (χ1) is 13.3. The Morgan fingerprint density at radius 1 is 1.07 bits per heavy atom. The zero-order valence-electron chi connectivity index (χ0n) is 15.3. The van der Waals surface area contributed by atoms with Crippen LogP contribution in [0.25, 0.3) is 0 Å². The van der Waals surface area contributed by atoms with Crippen molar-refractivity contribution in [2.24, 2.45) is 0 Å². The lowest BCUT2D eigenvalue weighted by molar-refractivity contribution is -0.137. The lowest BCUT2D eigenvalue weighted by Crippen LogP contribution is -2.35. The van der Waals surface area contributed by atoms with Gasteiger partial charge in [-0.3, -0.25) is 9.59 Å². The van der Waals surface area contributed by atoms with E-state index in [9.17, 15) is 22.8 Å². The molecule has 1 saturated heterocycles. The number of nitrogens with zero attached hydrogens (tertiary/aromatic N) is 1. The Balaban J connectivity index is 1.56. The van der Waals surface area contributed by atoms with Crippen LogP contribution in [0, 0.1) is 0 Å². The molecule has 0 unspecified atom stereocenters. The van der Waals surface area contributed by atoms with E-state index in [0.29, 0.717) is 30.6 Å². The van der Waals surface area contributed by atoms with Gasteiger partial charge in [0.2, 0.25) is 11.8 Å². The van der Waals surface area contributed by atoms with E-state index >= 15 is 0 Å². The number of hydrogen-bond donors (Lipinski definition) is 1. The predicted molar refractivity (Wildman–Crippen MR) is 101 cm³/mol. The Bertz CT molecular complexity index is 847. The lowest BCUT2D eigenvalue weighted by Gasteiger charge is -2.27. The summed E-state index contributed by atoms with van der Waals surface area (Å²) in [6.45, 7) is 0.671. The molecule has 4 nitrogen and oxygen atoms in total. The zero-order valence-corrected chi connectivity index (χ0v) is 15.3. The summed E-state index contributed by atoms with van der Waals surface area (Å²) in [7, 11) is 0. The summed E-state index contributed by atoms with van der Waals surface area (Å²) >= 11 is 0. The highest BCUT2D eigenvalue weighted by Gasteiger charge is 2.29. The molecule has 2 aromatic carbocycles. The Morgan fingerprint density at radius 3 is 2.50 bits per heavy atom. The van der Waals surface area contributed by atoms with Gasteiger partial charge in [0.05, 0.1) is 5.56 Å². The molecule has 0 saturated carbocycles. The second kappa shape index (κ2) is 8.46. The van der Waals surface area contributed by atoms with Crippen LogP contribution in [0.2, 0.25) is 0 Å². The molecule has 0 radical (unpaired) electrons. The van der Waals surface area contributed by atoms with Crippen LogP contribution < -0.4 is 10.2 Å². The first-order valence-corrected chi connectivity index (χ1v) is 9.19. The molecule has 1 N–H and O–H groups in total. The fourth-order valence-corrected chi connectivity index (χ4v) is 3.17. The molecule has 1 aliphatic rings. The van der Waals surface area contributed by atoms with Crippen LogP contribution in [0.5, 0.6) is 0 Å². The molecular weight excluding hydrogens is 369 g/mol. The van der Waals surface area contributed by atoms with E-state index in [1.165, 1.54) is 12.1 Å². The summed E-state index contributed by atoms with van der Waals surface area (Å²) in [4.78, 5) is 26.0. The molecule has 1 aliphatic heterocycles. The number of carbonyl (C=O) groups is 2. The van der Waals surface area contributed by atoms with E-state index in [2.05, 4.69) is 5.32 Å². The molecule has 0 aliphatic carbocycles. The molecule has 7 heteroatoms. The molecule has 1 fully saturated rings. The monoisotopic (exact) mass is 390 g/mol. The summed E-state index contributed by atoms with van der Waals surface area (Å²) in [5.74, 6) is -0.154. The van der Waals surface area contributed by atoms with Gasteiger partial charge in [0.1, 0.15) is 0 Å². The van der Waals surface area contributed by atoms with Crippen LogP contribution in [0.3, 0.4) is 0 Å². The number of rotatable bonds is 5. The van der Waals surface area contributed by atoms with Crippen molar-refractivity contribution in [1.29, 1.82) is 0 Å². The highest BCUT2D eigenvalue weighted by molar-refractivity contribution is 5.96. The third-order valence-corrected chi connectivity index (χ3v) is 4.69. The smallest absolute Gasteiger partial charge is 0.326 e. The second-order valence-corrected chi connectivity index (χ2v) is 6.80. The van der Waals surface area contributed by atoms with Crippen LogP contribution >= 0.6 is 0 Å². The normalized spacial score (nSPS) is 14.8. The van der Waals surface area contributed by atoms with Gasteiger partial charge >= 0.3 is 6.18 Å². The Kier molecular flexibility index (Phi) is 6.02. The molecule has 148 valence electrons. The number of hydrogen-bond acceptors (Lipinski definition) is 2. The molecule has 2 aromatic rings. The first-order valence-electron chi connectivity index (χ1n) is 9.19. The summed E-state index contributed by atoms with van der Waals surface area (Å²) in [5, 5.41) is 2.79. The van der Waals surface area contributed by atoms with Gasteiger partial charge in [0, 0.05) is 30.8 Å².